The fraction of sp³-hybridized carbons (Fsp3) is 0.250. The second kappa shape index (κ2) is 11.0. The lowest BCUT2D eigenvalue weighted by Crippen LogP contribution is -2.35. The van der Waals surface area contributed by atoms with E-state index in [0.29, 0.717) is 11.5 Å². The monoisotopic (exact) mass is 489 g/mol. The number of hydrogen-bond donors (Lipinski definition) is 1. The minimum absolute atomic E-state index is 0.0779. The highest BCUT2D eigenvalue weighted by Gasteiger charge is 2.23. The summed E-state index contributed by atoms with van der Waals surface area (Å²) >= 11 is 0. The van der Waals surface area contributed by atoms with Crippen LogP contribution in [0.3, 0.4) is 0 Å². The lowest BCUT2D eigenvalue weighted by atomic mass is 9.98. The van der Waals surface area contributed by atoms with Crippen LogP contribution in [0, 0.1) is 26.6 Å². The molecular formula is C28H28FN3O4. The molecule has 2 aromatic carbocycles. The van der Waals surface area contributed by atoms with E-state index in [0.717, 1.165) is 27.8 Å². The summed E-state index contributed by atoms with van der Waals surface area (Å²) in [7, 11) is 0. The molecular weight excluding hydrogens is 461 g/mol. The molecule has 0 aliphatic rings. The SMILES string of the molecule is Cc1cc(C)c(-c2cc(C(=O)N(CCC(=O)NCc3ccc(F)cc3)Cc3ccco3)no2)c(C)c1. The number of aryl methyl sites for hydroxylation is 3. The van der Waals surface area contributed by atoms with Crippen LogP contribution in [0.2, 0.25) is 0 Å². The first-order valence-corrected chi connectivity index (χ1v) is 11.7. The van der Waals surface area contributed by atoms with Gasteiger partial charge in [0.05, 0.1) is 12.8 Å². The summed E-state index contributed by atoms with van der Waals surface area (Å²) in [4.78, 5) is 27.3. The average Bonchev–Trinajstić information content (AvgIpc) is 3.53. The zero-order valence-electron chi connectivity index (χ0n) is 20.5. The van der Waals surface area contributed by atoms with Crippen LogP contribution < -0.4 is 5.32 Å². The molecule has 2 amide bonds. The van der Waals surface area contributed by atoms with Crippen molar-refractivity contribution in [3.8, 4) is 11.3 Å². The number of furan rings is 1. The number of rotatable bonds is 9. The Morgan fingerprint density at radius 2 is 1.75 bits per heavy atom. The molecule has 0 atom stereocenters. The second-order valence-electron chi connectivity index (χ2n) is 8.81. The molecule has 0 unspecified atom stereocenters. The largest absolute Gasteiger partial charge is 0.467 e. The van der Waals surface area contributed by atoms with E-state index in [1.165, 1.54) is 23.3 Å². The van der Waals surface area contributed by atoms with Crippen LogP contribution in [0.4, 0.5) is 4.39 Å². The lowest BCUT2D eigenvalue weighted by Gasteiger charge is -2.20. The number of carbonyl (C=O) groups excluding carboxylic acids is 2. The highest BCUT2D eigenvalue weighted by Crippen LogP contribution is 2.29. The first kappa shape index (κ1) is 24.9. The maximum atomic E-state index is 13.4. The molecule has 8 heteroatoms. The highest BCUT2D eigenvalue weighted by molar-refractivity contribution is 5.93. The predicted molar refractivity (Wildman–Crippen MR) is 132 cm³/mol. The van der Waals surface area contributed by atoms with Crippen molar-refractivity contribution in [2.45, 2.75) is 40.3 Å². The van der Waals surface area contributed by atoms with E-state index in [9.17, 15) is 14.0 Å². The Labute approximate surface area is 208 Å². The van der Waals surface area contributed by atoms with Crippen molar-refractivity contribution < 1.29 is 22.9 Å². The Bertz CT molecular complexity index is 1320. The van der Waals surface area contributed by atoms with Gasteiger partial charge in [0.1, 0.15) is 11.6 Å². The van der Waals surface area contributed by atoms with E-state index in [-0.39, 0.29) is 49.4 Å². The van der Waals surface area contributed by atoms with Gasteiger partial charge < -0.3 is 19.2 Å². The van der Waals surface area contributed by atoms with Crippen LogP contribution in [0.15, 0.2) is 69.8 Å². The van der Waals surface area contributed by atoms with Crippen molar-refractivity contribution in [1.29, 1.82) is 0 Å². The van der Waals surface area contributed by atoms with Crippen LogP contribution >= 0.6 is 0 Å². The molecule has 4 aromatic rings. The van der Waals surface area contributed by atoms with E-state index in [1.54, 1.807) is 30.3 Å². The van der Waals surface area contributed by atoms with E-state index in [4.69, 9.17) is 8.94 Å². The molecule has 0 aliphatic heterocycles. The maximum Gasteiger partial charge on any atom is 0.276 e. The van der Waals surface area contributed by atoms with Crippen molar-refractivity contribution in [1.82, 2.24) is 15.4 Å². The van der Waals surface area contributed by atoms with Gasteiger partial charge in [-0.3, -0.25) is 9.59 Å². The fourth-order valence-corrected chi connectivity index (χ4v) is 4.20. The number of hydrogen-bond acceptors (Lipinski definition) is 5. The zero-order chi connectivity index (χ0) is 25.7. The van der Waals surface area contributed by atoms with Crippen LogP contribution in [-0.2, 0) is 17.9 Å². The third-order valence-electron chi connectivity index (χ3n) is 5.88. The van der Waals surface area contributed by atoms with Crippen molar-refractivity contribution in [2.24, 2.45) is 0 Å². The number of carbonyl (C=O) groups is 2. The quantitative estimate of drug-likeness (QED) is 0.343. The molecule has 186 valence electrons. The summed E-state index contributed by atoms with van der Waals surface area (Å²) in [6.45, 7) is 6.62. The summed E-state index contributed by atoms with van der Waals surface area (Å²) < 4.78 is 24.0. The zero-order valence-corrected chi connectivity index (χ0v) is 20.5. The van der Waals surface area contributed by atoms with Gasteiger partial charge in [-0.05, 0) is 61.7 Å². The Hall–Kier alpha value is -4.20. The molecule has 7 nitrogen and oxygen atoms in total. The molecule has 0 saturated carbocycles. The summed E-state index contributed by atoms with van der Waals surface area (Å²) in [6, 6.07) is 15.2. The molecule has 4 rings (SSSR count). The van der Waals surface area contributed by atoms with Crippen LogP contribution in [0.25, 0.3) is 11.3 Å². The van der Waals surface area contributed by atoms with Crippen molar-refractivity contribution in [3.05, 3.63) is 100 Å². The minimum atomic E-state index is -0.366. The highest BCUT2D eigenvalue weighted by atomic mass is 19.1. The number of nitrogens with one attached hydrogen (secondary N) is 1. The Kier molecular flexibility index (Phi) is 7.63. The summed E-state index contributed by atoms with van der Waals surface area (Å²) in [5.74, 6) is 0.173. The molecule has 0 bridgehead atoms. The third kappa shape index (κ3) is 6.07. The lowest BCUT2D eigenvalue weighted by molar-refractivity contribution is -0.121. The van der Waals surface area contributed by atoms with Gasteiger partial charge in [-0.2, -0.15) is 0 Å². The minimum Gasteiger partial charge on any atom is -0.467 e. The van der Waals surface area contributed by atoms with Gasteiger partial charge in [0, 0.05) is 31.1 Å². The van der Waals surface area contributed by atoms with E-state index in [1.807, 2.05) is 20.8 Å². The number of benzene rings is 2. The van der Waals surface area contributed by atoms with Gasteiger partial charge in [0.2, 0.25) is 5.91 Å². The molecule has 0 fully saturated rings. The molecule has 2 aromatic heterocycles. The number of amides is 2. The standard InChI is InChI=1S/C28H28FN3O4/c1-18-13-19(2)27(20(3)14-18)25-15-24(31-36-25)28(34)32(17-23-5-4-12-35-23)11-10-26(33)30-16-21-6-8-22(29)9-7-21/h4-9,12-15H,10-11,16-17H2,1-3H3,(H,30,33). The first-order valence-electron chi connectivity index (χ1n) is 11.7. The van der Waals surface area contributed by atoms with Gasteiger partial charge in [-0.15, -0.1) is 0 Å². The van der Waals surface area contributed by atoms with Gasteiger partial charge in [-0.25, -0.2) is 4.39 Å². The normalized spacial score (nSPS) is 10.9. The molecule has 2 heterocycles. The number of halogens is 1. The third-order valence-corrected chi connectivity index (χ3v) is 5.88. The van der Waals surface area contributed by atoms with Gasteiger partial charge in [0.15, 0.2) is 11.5 Å². The van der Waals surface area contributed by atoms with Crippen molar-refractivity contribution >= 4 is 11.8 Å². The smallest absolute Gasteiger partial charge is 0.276 e. The molecule has 1 N–H and O–H groups in total. The topological polar surface area (TPSA) is 88.6 Å². The Morgan fingerprint density at radius 3 is 2.42 bits per heavy atom. The summed E-state index contributed by atoms with van der Waals surface area (Å²) in [5.41, 5.74) is 5.06. The van der Waals surface area contributed by atoms with E-state index >= 15 is 0 Å². The molecule has 0 saturated heterocycles. The summed E-state index contributed by atoms with van der Waals surface area (Å²) in [6.07, 6.45) is 1.61. The second-order valence-corrected chi connectivity index (χ2v) is 8.81. The van der Waals surface area contributed by atoms with Crippen molar-refractivity contribution in [3.63, 3.8) is 0 Å². The molecule has 0 radical (unpaired) electrons. The van der Waals surface area contributed by atoms with E-state index < -0.39 is 0 Å². The molecule has 36 heavy (non-hydrogen) atoms. The van der Waals surface area contributed by atoms with Crippen molar-refractivity contribution in [2.75, 3.05) is 6.54 Å². The number of aromatic nitrogens is 1. The predicted octanol–water partition coefficient (Wildman–Crippen LogP) is 5.35. The average molecular weight is 490 g/mol. The Balaban J connectivity index is 1.45. The Morgan fingerprint density at radius 1 is 1.03 bits per heavy atom. The summed E-state index contributed by atoms with van der Waals surface area (Å²) in [5, 5.41) is 6.83. The maximum absolute atomic E-state index is 13.4. The van der Waals surface area contributed by atoms with Crippen LogP contribution in [0.1, 0.15) is 44.9 Å². The number of nitrogens with zero attached hydrogens (tertiary/aromatic N) is 2. The van der Waals surface area contributed by atoms with Gasteiger partial charge in [0.25, 0.3) is 5.91 Å². The van der Waals surface area contributed by atoms with E-state index in [2.05, 4.69) is 22.6 Å². The van der Waals surface area contributed by atoms with Crippen LogP contribution in [-0.4, -0.2) is 28.4 Å². The van der Waals surface area contributed by atoms with Crippen LogP contribution in [0.5, 0.6) is 0 Å². The molecule has 0 spiro atoms. The molecule has 0 aliphatic carbocycles. The fourth-order valence-electron chi connectivity index (χ4n) is 4.20. The van der Waals surface area contributed by atoms with Gasteiger partial charge in [-0.1, -0.05) is 35.0 Å². The van der Waals surface area contributed by atoms with Gasteiger partial charge >= 0.3 is 0 Å². The first-order chi connectivity index (χ1) is 17.3.